The highest BCUT2D eigenvalue weighted by Crippen LogP contribution is 2.21. The Morgan fingerprint density at radius 3 is 2.36 bits per heavy atom. The average Bonchev–Trinajstić information content (AvgIpc) is 2.85. The van der Waals surface area contributed by atoms with E-state index in [2.05, 4.69) is 5.32 Å². The summed E-state index contributed by atoms with van der Waals surface area (Å²) in [5.74, 6) is -0.299. The molecule has 0 heterocycles. The lowest BCUT2D eigenvalue weighted by molar-refractivity contribution is -0.141. The van der Waals surface area contributed by atoms with E-state index in [0.717, 1.165) is 36.8 Å². The largest absolute Gasteiger partial charge is 0.352 e. The molecule has 36 heavy (non-hydrogen) atoms. The van der Waals surface area contributed by atoms with E-state index in [1.165, 1.54) is 17.0 Å². The van der Waals surface area contributed by atoms with Gasteiger partial charge in [-0.1, -0.05) is 61.7 Å². The van der Waals surface area contributed by atoms with Gasteiger partial charge in [0.25, 0.3) is 0 Å². The summed E-state index contributed by atoms with van der Waals surface area (Å²) in [6.07, 6.45) is 7.06. The van der Waals surface area contributed by atoms with Crippen LogP contribution >= 0.6 is 0 Å². The van der Waals surface area contributed by atoms with Gasteiger partial charge in [0, 0.05) is 25.6 Å². The van der Waals surface area contributed by atoms with Crippen LogP contribution in [0.5, 0.6) is 0 Å². The van der Waals surface area contributed by atoms with Crippen molar-refractivity contribution in [1.29, 1.82) is 0 Å². The molecule has 1 atom stereocenters. The molecule has 0 aromatic heterocycles. The molecule has 0 spiro atoms. The van der Waals surface area contributed by atoms with E-state index >= 15 is 0 Å². The number of hydrogen-bond donors (Lipinski definition) is 1. The van der Waals surface area contributed by atoms with Crippen LogP contribution in [-0.2, 0) is 26.2 Å². The summed E-state index contributed by atoms with van der Waals surface area (Å²) in [5, 5.41) is 3.14. The van der Waals surface area contributed by atoms with E-state index in [-0.39, 0.29) is 30.8 Å². The van der Waals surface area contributed by atoms with Crippen molar-refractivity contribution >= 4 is 27.5 Å². The highest BCUT2D eigenvalue weighted by atomic mass is 32.2. The van der Waals surface area contributed by atoms with Gasteiger partial charge in [-0.05, 0) is 56.4 Å². The summed E-state index contributed by atoms with van der Waals surface area (Å²) in [6.45, 7) is 4.20. The zero-order chi connectivity index (χ0) is 26.1. The first-order chi connectivity index (χ1) is 17.1. The van der Waals surface area contributed by atoms with Crippen molar-refractivity contribution in [2.24, 2.45) is 0 Å². The van der Waals surface area contributed by atoms with Crippen molar-refractivity contribution in [3.63, 3.8) is 0 Å². The number of benzene rings is 2. The van der Waals surface area contributed by atoms with E-state index in [1.807, 2.05) is 55.5 Å². The summed E-state index contributed by atoms with van der Waals surface area (Å²) in [5.41, 5.74) is 2.50. The smallest absolute Gasteiger partial charge is 0.242 e. The maximum atomic E-state index is 13.4. The van der Waals surface area contributed by atoms with Crippen molar-refractivity contribution in [1.82, 2.24) is 10.2 Å². The van der Waals surface area contributed by atoms with E-state index < -0.39 is 16.1 Å². The predicted octanol–water partition coefficient (Wildman–Crippen LogP) is 4.41. The first-order valence-electron chi connectivity index (χ1n) is 12.8. The van der Waals surface area contributed by atoms with Crippen LogP contribution in [0, 0.1) is 6.92 Å². The SMILES string of the molecule is Cc1cccc(N(CCCC(=O)N(Cc2ccccc2)C(C)C(=O)NC2CCCCC2)S(C)(=O)=O)c1. The second-order valence-electron chi connectivity index (χ2n) is 9.80. The molecule has 1 unspecified atom stereocenters. The molecule has 0 bridgehead atoms. The van der Waals surface area contributed by atoms with Crippen LogP contribution < -0.4 is 9.62 Å². The lowest BCUT2D eigenvalue weighted by Crippen LogP contribution is -2.50. The fourth-order valence-electron chi connectivity index (χ4n) is 4.72. The first-order valence-corrected chi connectivity index (χ1v) is 14.7. The van der Waals surface area contributed by atoms with Crippen LogP contribution in [0.25, 0.3) is 0 Å². The molecule has 1 aliphatic rings. The van der Waals surface area contributed by atoms with Crippen LogP contribution in [0.3, 0.4) is 0 Å². The third-order valence-corrected chi connectivity index (χ3v) is 7.95. The topological polar surface area (TPSA) is 86.8 Å². The number of rotatable bonds is 11. The number of amides is 2. The molecule has 3 rings (SSSR count). The number of nitrogens with one attached hydrogen (secondary N) is 1. The molecule has 0 saturated heterocycles. The molecule has 1 saturated carbocycles. The molecule has 2 amide bonds. The van der Waals surface area contributed by atoms with Gasteiger partial charge in [-0.3, -0.25) is 13.9 Å². The Labute approximate surface area is 215 Å². The van der Waals surface area contributed by atoms with Crippen LogP contribution in [0.2, 0.25) is 0 Å². The molecule has 2 aromatic rings. The summed E-state index contributed by atoms with van der Waals surface area (Å²) >= 11 is 0. The van der Waals surface area contributed by atoms with E-state index in [4.69, 9.17) is 0 Å². The lowest BCUT2D eigenvalue weighted by Gasteiger charge is -2.31. The third-order valence-electron chi connectivity index (χ3n) is 6.76. The van der Waals surface area contributed by atoms with E-state index in [1.54, 1.807) is 17.9 Å². The van der Waals surface area contributed by atoms with Crippen LogP contribution in [0.4, 0.5) is 5.69 Å². The second kappa shape index (κ2) is 12.9. The third kappa shape index (κ3) is 8.08. The van der Waals surface area contributed by atoms with Gasteiger partial charge in [0.15, 0.2) is 0 Å². The van der Waals surface area contributed by atoms with Gasteiger partial charge in [-0.2, -0.15) is 0 Å². The van der Waals surface area contributed by atoms with Gasteiger partial charge in [-0.25, -0.2) is 8.42 Å². The molecule has 0 radical (unpaired) electrons. The van der Waals surface area contributed by atoms with Crippen LogP contribution in [-0.4, -0.2) is 50.0 Å². The Morgan fingerprint density at radius 1 is 1.03 bits per heavy atom. The molecular weight excluding hydrogens is 474 g/mol. The number of carbonyl (C=O) groups excluding carboxylic acids is 2. The Kier molecular flexibility index (Phi) is 9.93. The number of anilines is 1. The summed E-state index contributed by atoms with van der Waals surface area (Å²) in [4.78, 5) is 28.1. The quantitative estimate of drug-likeness (QED) is 0.482. The van der Waals surface area contributed by atoms with Crippen molar-refractivity contribution in [2.75, 3.05) is 17.1 Å². The minimum atomic E-state index is -3.50. The standard InChI is InChI=1S/C28H39N3O4S/c1-22-12-10-17-26(20-22)31(36(3,34)35)19-11-18-27(32)30(21-24-13-6-4-7-14-24)23(2)28(33)29-25-15-8-5-9-16-25/h4,6-7,10,12-14,17,20,23,25H,5,8-9,11,15-16,18-19,21H2,1-3H3,(H,29,33). The fraction of sp³-hybridized carbons (Fsp3) is 0.500. The maximum absolute atomic E-state index is 13.4. The minimum absolute atomic E-state index is 0.135. The molecule has 8 heteroatoms. The van der Waals surface area contributed by atoms with Gasteiger partial charge in [-0.15, -0.1) is 0 Å². The van der Waals surface area contributed by atoms with Gasteiger partial charge in [0.2, 0.25) is 21.8 Å². The number of nitrogens with zero attached hydrogens (tertiary/aromatic N) is 2. The Hall–Kier alpha value is -2.87. The normalized spacial score (nSPS) is 15.2. The molecule has 0 aliphatic heterocycles. The first kappa shape index (κ1) is 27.7. The number of sulfonamides is 1. The molecule has 196 valence electrons. The van der Waals surface area contributed by atoms with Crippen molar-refractivity contribution in [3.05, 3.63) is 65.7 Å². The molecule has 1 aliphatic carbocycles. The summed E-state index contributed by atoms with van der Waals surface area (Å²) < 4.78 is 26.3. The average molecular weight is 514 g/mol. The summed E-state index contributed by atoms with van der Waals surface area (Å²) in [6, 6.07) is 16.5. The van der Waals surface area contributed by atoms with Crippen molar-refractivity contribution in [2.45, 2.75) is 77.4 Å². The van der Waals surface area contributed by atoms with E-state index in [9.17, 15) is 18.0 Å². The fourth-order valence-corrected chi connectivity index (χ4v) is 5.68. The maximum Gasteiger partial charge on any atom is 0.242 e. The predicted molar refractivity (Wildman–Crippen MR) is 144 cm³/mol. The summed E-state index contributed by atoms with van der Waals surface area (Å²) in [7, 11) is -3.50. The monoisotopic (exact) mass is 513 g/mol. The highest BCUT2D eigenvalue weighted by molar-refractivity contribution is 7.92. The van der Waals surface area contributed by atoms with Gasteiger partial charge >= 0.3 is 0 Å². The lowest BCUT2D eigenvalue weighted by atomic mass is 9.95. The molecule has 2 aromatic carbocycles. The second-order valence-corrected chi connectivity index (χ2v) is 11.7. The molecule has 1 N–H and O–H groups in total. The number of carbonyl (C=O) groups is 2. The van der Waals surface area contributed by atoms with Crippen molar-refractivity contribution in [3.8, 4) is 0 Å². The van der Waals surface area contributed by atoms with Crippen LogP contribution in [0.15, 0.2) is 54.6 Å². The molecule has 7 nitrogen and oxygen atoms in total. The van der Waals surface area contributed by atoms with E-state index in [0.29, 0.717) is 18.7 Å². The van der Waals surface area contributed by atoms with Crippen molar-refractivity contribution < 1.29 is 18.0 Å². The van der Waals surface area contributed by atoms with Gasteiger partial charge < -0.3 is 10.2 Å². The Balaban J connectivity index is 1.69. The minimum Gasteiger partial charge on any atom is -0.352 e. The molecular formula is C28H39N3O4S. The number of hydrogen-bond acceptors (Lipinski definition) is 4. The zero-order valence-electron chi connectivity index (χ0n) is 21.7. The number of aryl methyl sites for hydroxylation is 1. The van der Waals surface area contributed by atoms with Gasteiger partial charge in [0.1, 0.15) is 6.04 Å². The van der Waals surface area contributed by atoms with Gasteiger partial charge in [0.05, 0.1) is 11.9 Å². The van der Waals surface area contributed by atoms with Crippen LogP contribution in [0.1, 0.15) is 63.0 Å². The zero-order valence-corrected chi connectivity index (χ0v) is 22.5. The highest BCUT2D eigenvalue weighted by Gasteiger charge is 2.28. The Morgan fingerprint density at radius 2 is 1.72 bits per heavy atom. The molecule has 1 fully saturated rings. The Bertz CT molecular complexity index is 1110.